The van der Waals surface area contributed by atoms with Crippen molar-refractivity contribution in [1.82, 2.24) is 14.7 Å². The molecule has 0 saturated heterocycles. The maximum absolute atomic E-state index is 12.0. The molecule has 24 heavy (non-hydrogen) atoms. The lowest BCUT2D eigenvalue weighted by Crippen LogP contribution is -2.29. The summed E-state index contributed by atoms with van der Waals surface area (Å²) in [5, 5.41) is 2.89. The fourth-order valence-corrected chi connectivity index (χ4v) is 2.58. The molecule has 0 atom stereocenters. The monoisotopic (exact) mass is 323 g/mol. The van der Waals surface area contributed by atoms with E-state index in [1.165, 1.54) is 5.56 Å². The molecule has 0 aliphatic rings. The second kappa shape index (κ2) is 7.17. The molecule has 1 N–H and O–H groups in total. The van der Waals surface area contributed by atoms with Crippen LogP contribution in [0.1, 0.15) is 23.9 Å². The van der Waals surface area contributed by atoms with Crippen molar-refractivity contribution in [3.63, 3.8) is 0 Å². The van der Waals surface area contributed by atoms with Gasteiger partial charge in [0, 0.05) is 6.20 Å². The SMILES string of the molecule is CCc1ccc(OCC(=O)NCc2c(C)nc3ccccn23)cc1. The van der Waals surface area contributed by atoms with E-state index >= 15 is 0 Å². The zero-order chi connectivity index (χ0) is 16.9. The van der Waals surface area contributed by atoms with Crippen LogP contribution in [0, 0.1) is 6.92 Å². The molecular weight excluding hydrogens is 302 g/mol. The summed E-state index contributed by atoms with van der Waals surface area (Å²) in [5.74, 6) is 0.549. The molecule has 2 heterocycles. The number of pyridine rings is 1. The first-order valence-corrected chi connectivity index (χ1v) is 8.08. The predicted molar refractivity (Wildman–Crippen MR) is 93.1 cm³/mol. The van der Waals surface area contributed by atoms with Crippen LogP contribution in [0.25, 0.3) is 5.65 Å². The normalized spacial score (nSPS) is 10.8. The third kappa shape index (κ3) is 3.56. The van der Waals surface area contributed by atoms with Gasteiger partial charge in [0.25, 0.3) is 5.91 Å². The van der Waals surface area contributed by atoms with Crippen molar-refractivity contribution in [3.05, 3.63) is 65.6 Å². The van der Waals surface area contributed by atoms with E-state index in [0.717, 1.165) is 23.5 Å². The average Bonchev–Trinajstić information content (AvgIpc) is 2.93. The number of aromatic nitrogens is 2. The highest BCUT2D eigenvalue weighted by molar-refractivity contribution is 5.77. The van der Waals surface area contributed by atoms with Crippen LogP contribution in [0.5, 0.6) is 5.75 Å². The number of hydrogen-bond donors (Lipinski definition) is 1. The Morgan fingerprint density at radius 1 is 1.21 bits per heavy atom. The first-order chi connectivity index (χ1) is 11.7. The Labute approximate surface area is 141 Å². The summed E-state index contributed by atoms with van der Waals surface area (Å²) < 4.78 is 7.51. The topological polar surface area (TPSA) is 55.6 Å². The quantitative estimate of drug-likeness (QED) is 0.759. The summed E-state index contributed by atoms with van der Waals surface area (Å²) in [6, 6.07) is 13.6. The van der Waals surface area contributed by atoms with Crippen LogP contribution in [0.2, 0.25) is 0 Å². The molecule has 1 aromatic carbocycles. The molecule has 0 spiro atoms. The van der Waals surface area contributed by atoms with Crippen molar-refractivity contribution in [2.75, 3.05) is 6.61 Å². The molecule has 0 fully saturated rings. The Balaban J connectivity index is 1.56. The van der Waals surface area contributed by atoms with Crippen LogP contribution >= 0.6 is 0 Å². The number of amides is 1. The molecule has 3 rings (SSSR count). The van der Waals surface area contributed by atoms with Gasteiger partial charge in [-0.05, 0) is 43.2 Å². The third-order valence-corrected chi connectivity index (χ3v) is 3.98. The van der Waals surface area contributed by atoms with Gasteiger partial charge in [-0.1, -0.05) is 25.1 Å². The van der Waals surface area contributed by atoms with Crippen LogP contribution < -0.4 is 10.1 Å². The number of hydrogen-bond acceptors (Lipinski definition) is 3. The second-order valence-electron chi connectivity index (χ2n) is 5.64. The van der Waals surface area contributed by atoms with Crippen molar-refractivity contribution in [2.24, 2.45) is 0 Å². The lowest BCUT2D eigenvalue weighted by molar-refractivity contribution is -0.123. The van der Waals surface area contributed by atoms with Gasteiger partial charge < -0.3 is 14.5 Å². The number of nitrogens with zero attached hydrogens (tertiary/aromatic N) is 2. The molecule has 2 aromatic heterocycles. The van der Waals surface area contributed by atoms with Gasteiger partial charge in [-0.15, -0.1) is 0 Å². The second-order valence-corrected chi connectivity index (χ2v) is 5.64. The number of carbonyl (C=O) groups is 1. The smallest absolute Gasteiger partial charge is 0.258 e. The summed E-state index contributed by atoms with van der Waals surface area (Å²) in [6.07, 6.45) is 2.93. The van der Waals surface area contributed by atoms with Crippen molar-refractivity contribution in [3.8, 4) is 5.75 Å². The van der Waals surface area contributed by atoms with Crippen LogP contribution in [0.4, 0.5) is 0 Å². The summed E-state index contributed by atoms with van der Waals surface area (Å²) in [4.78, 5) is 16.5. The fraction of sp³-hybridized carbons (Fsp3) is 0.263. The van der Waals surface area contributed by atoms with E-state index in [9.17, 15) is 4.79 Å². The number of benzene rings is 1. The number of carbonyl (C=O) groups excluding carboxylic acids is 1. The average molecular weight is 323 g/mol. The number of ether oxygens (including phenoxy) is 1. The summed E-state index contributed by atoms with van der Waals surface area (Å²) in [6.45, 7) is 4.47. The molecule has 1 amide bonds. The van der Waals surface area contributed by atoms with E-state index in [-0.39, 0.29) is 12.5 Å². The minimum atomic E-state index is -0.153. The number of nitrogens with one attached hydrogen (secondary N) is 1. The van der Waals surface area contributed by atoms with E-state index in [1.54, 1.807) is 0 Å². The maximum Gasteiger partial charge on any atom is 0.258 e. The highest BCUT2D eigenvalue weighted by Crippen LogP contribution is 2.13. The van der Waals surface area contributed by atoms with E-state index < -0.39 is 0 Å². The molecular formula is C19H21N3O2. The van der Waals surface area contributed by atoms with Gasteiger partial charge in [-0.3, -0.25) is 4.79 Å². The number of fused-ring (bicyclic) bond motifs is 1. The van der Waals surface area contributed by atoms with Gasteiger partial charge in [0.1, 0.15) is 11.4 Å². The molecule has 0 aliphatic carbocycles. The van der Waals surface area contributed by atoms with Crippen molar-refractivity contribution in [1.29, 1.82) is 0 Å². The predicted octanol–water partition coefficient (Wildman–Crippen LogP) is 2.90. The number of rotatable bonds is 6. The third-order valence-electron chi connectivity index (χ3n) is 3.98. The first-order valence-electron chi connectivity index (χ1n) is 8.08. The molecule has 0 aliphatic heterocycles. The van der Waals surface area contributed by atoms with Gasteiger partial charge in [-0.25, -0.2) is 4.98 Å². The molecule has 0 unspecified atom stereocenters. The van der Waals surface area contributed by atoms with E-state index in [4.69, 9.17) is 4.74 Å². The van der Waals surface area contributed by atoms with E-state index in [0.29, 0.717) is 12.3 Å². The van der Waals surface area contributed by atoms with Gasteiger partial charge >= 0.3 is 0 Å². The highest BCUT2D eigenvalue weighted by atomic mass is 16.5. The Bertz CT molecular complexity index is 837. The Kier molecular flexibility index (Phi) is 4.79. The lowest BCUT2D eigenvalue weighted by atomic mass is 10.2. The van der Waals surface area contributed by atoms with Crippen LogP contribution in [0.15, 0.2) is 48.7 Å². The van der Waals surface area contributed by atoms with Crippen LogP contribution in [-0.2, 0) is 17.8 Å². The van der Waals surface area contributed by atoms with Crippen LogP contribution in [-0.4, -0.2) is 21.9 Å². The highest BCUT2D eigenvalue weighted by Gasteiger charge is 2.10. The molecule has 5 heteroatoms. The van der Waals surface area contributed by atoms with Crippen LogP contribution in [0.3, 0.4) is 0 Å². The minimum absolute atomic E-state index is 0.00125. The summed E-state index contributed by atoms with van der Waals surface area (Å²) in [7, 11) is 0. The largest absolute Gasteiger partial charge is 0.484 e. The van der Waals surface area contributed by atoms with E-state index in [1.807, 2.05) is 60.0 Å². The van der Waals surface area contributed by atoms with Crippen molar-refractivity contribution < 1.29 is 9.53 Å². The van der Waals surface area contributed by atoms with Crippen molar-refractivity contribution in [2.45, 2.75) is 26.8 Å². The lowest BCUT2D eigenvalue weighted by Gasteiger charge is -2.08. The zero-order valence-corrected chi connectivity index (χ0v) is 14.0. The first kappa shape index (κ1) is 16.1. The molecule has 124 valence electrons. The Morgan fingerprint density at radius 2 is 2.00 bits per heavy atom. The standard InChI is InChI=1S/C19H21N3O2/c1-3-15-7-9-16(10-8-15)24-13-19(23)20-12-17-14(2)21-18-6-4-5-11-22(17)18/h4-11H,3,12-13H2,1-2H3,(H,20,23). The molecule has 5 nitrogen and oxygen atoms in total. The Morgan fingerprint density at radius 3 is 2.75 bits per heavy atom. The fourth-order valence-electron chi connectivity index (χ4n) is 2.58. The molecule has 0 radical (unpaired) electrons. The van der Waals surface area contributed by atoms with Gasteiger partial charge in [0.2, 0.25) is 0 Å². The van der Waals surface area contributed by atoms with Gasteiger partial charge in [0.05, 0.1) is 17.9 Å². The molecule has 3 aromatic rings. The van der Waals surface area contributed by atoms with Crippen molar-refractivity contribution >= 4 is 11.6 Å². The van der Waals surface area contributed by atoms with Gasteiger partial charge in [0.15, 0.2) is 6.61 Å². The van der Waals surface area contributed by atoms with E-state index in [2.05, 4.69) is 17.2 Å². The van der Waals surface area contributed by atoms with Gasteiger partial charge in [-0.2, -0.15) is 0 Å². The maximum atomic E-state index is 12.0. The molecule has 0 bridgehead atoms. The summed E-state index contributed by atoms with van der Waals surface area (Å²) >= 11 is 0. The number of imidazole rings is 1. The Hall–Kier alpha value is -2.82. The zero-order valence-electron chi connectivity index (χ0n) is 14.0. The number of aryl methyl sites for hydroxylation is 2. The molecule has 0 saturated carbocycles. The summed E-state index contributed by atoms with van der Waals surface area (Å²) in [5.41, 5.74) is 4.02. The minimum Gasteiger partial charge on any atom is -0.484 e.